The molecular formula is C10H23NOSi2. The van der Waals surface area contributed by atoms with E-state index in [0.717, 1.165) is 11.5 Å². The van der Waals surface area contributed by atoms with Crippen LogP contribution in [0, 0.1) is 0 Å². The van der Waals surface area contributed by atoms with Crippen molar-refractivity contribution < 1.29 is 4.43 Å². The van der Waals surface area contributed by atoms with E-state index in [1.165, 1.54) is 0 Å². The molecule has 0 atom stereocenters. The second kappa shape index (κ2) is 4.44. The molecule has 0 N–H and O–H groups in total. The molecule has 0 fully saturated rings. The average Bonchev–Trinajstić information content (AvgIpc) is 1.78. The van der Waals surface area contributed by atoms with Gasteiger partial charge in [0.05, 0.1) is 0 Å². The molecule has 0 bridgehead atoms. The molecule has 0 saturated heterocycles. The van der Waals surface area contributed by atoms with Crippen molar-refractivity contribution in [1.29, 1.82) is 0 Å². The summed E-state index contributed by atoms with van der Waals surface area (Å²) in [5, 5.41) is 0. The predicted octanol–water partition coefficient (Wildman–Crippen LogP) is 3.65. The van der Waals surface area contributed by atoms with Crippen LogP contribution >= 0.6 is 0 Å². The molecule has 0 spiro atoms. The van der Waals surface area contributed by atoms with Gasteiger partial charge in [-0.15, -0.1) is 0 Å². The first kappa shape index (κ1) is 13.6. The first-order valence-electron chi connectivity index (χ1n) is 4.96. The van der Waals surface area contributed by atoms with Gasteiger partial charge in [-0.2, -0.15) is 0 Å². The van der Waals surface area contributed by atoms with Gasteiger partial charge in [0, 0.05) is 5.57 Å². The lowest BCUT2D eigenvalue weighted by Crippen LogP contribution is -2.32. The summed E-state index contributed by atoms with van der Waals surface area (Å²) in [6.07, 6.45) is 0. The number of rotatable bonds is 3. The summed E-state index contributed by atoms with van der Waals surface area (Å²) < 4.78 is 10.6. The zero-order valence-electron chi connectivity index (χ0n) is 10.6. The molecule has 0 saturated carbocycles. The Morgan fingerprint density at radius 2 is 1.50 bits per heavy atom. The van der Waals surface area contributed by atoms with E-state index >= 15 is 0 Å². The van der Waals surface area contributed by atoms with Crippen molar-refractivity contribution in [2.24, 2.45) is 4.66 Å². The molecule has 0 aliphatic heterocycles. The van der Waals surface area contributed by atoms with Gasteiger partial charge < -0.3 is 4.43 Å². The third kappa shape index (κ3) is 7.09. The molecule has 2 nitrogen and oxygen atoms in total. The van der Waals surface area contributed by atoms with Crippen LogP contribution in [0.4, 0.5) is 0 Å². The average molecular weight is 229 g/mol. The molecule has 0 unspecified atom stereocenters. The van der Waals surface area contributed by atoms with Gasteiger partial charge >= 0.3 is 0 Å². The smallest absolute Gasteiger partial charge is 0.244 e. The zero-order valence-corrected chi connectivity index (χ0v) is 12.6. The molecule has 82 valence electrons. The van der Waals surface area contributed by atoms with E-state index < -0.39 is 16.6 Å². The van der Waals surface area contributed by atoms with Crippen molar-refractivity contribution in [3.63, 3.8) is 0 Å². The Hall–Kier alpha value is -0.356. The van der Waals surface area contributed by atoms with Crippen LogP contribution in [0.2, 0.25) is 39.3 Å². The molecule has 0 aromatic carbocycles. The molecule has 0 rings (SSSR count). The number of nitrogens with zero attached hydrogens (tertiary/aromatic N) is 1. The third-order valence-corrected chi connectivity index (χ3v) is 2.88. The molecule has 14 heavy (non-hydrogen) atoms. The lowest BCUT2D eigenvalue weighted by atomic mass is 10.4. The number of hydrogen-bond acceptors (Lipinski definition) is 2. The van der Waals surface area contributed by atoms with Crippen LogP contribution in [0.25, 0.3) is 0 Å². The van der Waals surface area contributed by atoms with E-state index in [-0.39, 0.29) is 0 Å². The first-order chi connectivity index (χ1) is 6.01. The predicted molar refractivity (Wildman–Crippen MR) is 70.0 cm³/mol. The number of hydrogen-bond donors (Lipinski definition) is 0. The van der Waals surface area contributed by atoms with Gasteiger partial charge in [0.15, 0.2) is 14.1 Å². The second-order valence-corrected chi connectivity index (χ2v) is 14.6. The third-order valence-electron chi connectivity index (χ3n) is 1.20. The Morgan fingerprint density at radius 3 is 1.71 bits per heavy atom. The van der Waals surface area contributed by atoms with E-state index in [4.69, 9.17) is 4.43 Å². The van der Waals surface area contributed by atoms with Crippen LogP contribution < -0.4 is 0 Å². The summed E-state index contributed by atoms with van der Waals surface area (Å²) in [5.74, 6) is 0.781. The molecule has 0 radical (unpaired) electrons. The highest BCUT2D eigenvalue weighted by Crippen LogP contribution is 2.12. The van der Waals surface area contributed by atoms with Crippen LogP contribution in [0.3, 0.4) is 0 Å². The molecule has 0 aliphatic carbocycles. The minimum atomic E-state index is -1.55. The van der Waals surface area contributed by atoms with Crippen LogP contribution in [0.5, 0.6) is 0 Å². The Kier molecular flexibility index (Phi) is 4.33. The Balaban J connectivity index is 4.81. The Labute approximate surface area is 90.3 Å². The summed E-state index contributed by atoms with van der Waals surface area (Å²) in [5.41, 5.74) is 0.940. The second-order valence-electron chi connectivity index (χ2n) is 5.58. The summed E-state index contributed by atoms with van der Waals surface area (Å²) >= 11 is 0. The lowest BCUT2D eigenvalue weighted by molar-refractivity contribution is 0.553. The largest absolute Gasteiger partial charge is 0.532 e. The summed E-state index contributed by atoms with van der Waals surface area (Å²) in [7, 11) is -3.01. The quantitative estimate of drug-likeness (QED) is 0.411. The van der Waals surface area contributed by atoms with E-state index in [9.17, 15) is 0 Å². The fraction of sp³-hybridized carbons (Fsp3) is 0.700. The normalized spacial score (nSPS) is 14.1. The maximum Gasteiger partial charge on any atom is 0.244 e. The molecule has 0 aliphatic rings. The molecule has 0 aromatic heterocycles. The van der Waals surface area contributed by atoms with Gasteiger partial charge in [0.1, 0.15) is 0 Å². The minimum Gasteiger partial charge on any atom is -0.532 e. The van der Waals surface area contributed by atoms with Crippen LogP contribution in [-0.4, -0.2) is 22.5 Å². The summed E-state index contributed by atoms with van der Waals surface area (Å²) in [4.78, 5) is 0. The van der Waals surface area contributed by atoms with E-state index in [1.54, 1.807) is 0 Å². The van der Waals surface area contributed by atoms with Gasteiger partial charge in [-0.05, 0) is 46.2 Å². The van der Waals surface area contributed by atoms with E-state index in [1.807, 2.05) is 6.92 Å². The van der Waals surface area contributed by atoms with Crippen molar-refractivity contribution in [2.75, 3.05) is 0 Å². The summed E-state index contributed by atoms with van der Waals surface area (Å²) in [6.45, 7) is 19.0. The molecule has 0 heterocycles. The molecule has 4 heteroatoms. The van der Waals surface area contributed by atoms with Crippen molar-refractivity contribution in [3.05, 3.63) is 12.2 Å². The lowest BCUT2D eigenvalue weighted by Gasteiger charge is -2.23. The maximum absolute atomic E-state index is 5.90. The van der Waals surface area contributed by atoms with E-state index in [0.29, 0.717) is 0 Å². The van der Waals surface area contributed by atoms with Crippen molar-refractivity contribution in [1.82, 2.24) is 0 Å². The monoisotopic (exact) mass is 229 g/mol. The van der Waals surface area contributed by atoms with Gasteiger partial charge in [-0.25, -0.2) is 0 Å². The molecule has 0 aromatic rings. The van der Waals surface area contributed by atoms with Crippen LogP contribution in [0.15, 0.2) is 16.8 Å². The zero-order chi connectivity index (χ0) is 11.6. The van der Waals surface area contributed by atoms with Gasteiger partial charge in [-0.3, -0.25) is 4.66 Å². The maximum atomic E-state index is 5.90. The SMILES string of the molecule is C=C(C)/C(=N\[Si](C)(C)C)O[Si](C)(C)C. The Bertz CT molecular complexity index is 246. The topological polar surface area (TPSA) is 21.6 Å². The van der Waals surface area contributed by atoms with Gasteiger partial charge in [0.2, 0.25) is 8.32 Å². The fourth-order valence-corrected chi connectivity index (χ4v) is 2.54. The highest BCUT2D eigenvalue weighted by molar-refractivity contribution is 6.76. The van der Waals surface area contributed by atoms with Crippen LogP contribution in [-0.2, 0) is 4.43 Å². The van der Waals surface area contributed by atoms with Crippen molar-refractivity contribution in [2.45, 2.75) is 46.2 Å². The standard InChI is InChI=1S/C10H23NOSi2/c1-9(2)10(11-13(3,4)5)12-14(6,7)8/h1H2,2-8H3/b11-10+. The summed E-state index contributed by atoms with van der Waals surface area (Å²) in [6, 6.07) is 0. The van der Waals surface area contributed by atoms with Crippen molar-refractivity contribution >= 4 is 22.5 Å². The molecule has 0 amide bonds. The van der Waals surface area contributed by atoms with Crippen LogP contribution in [0.1, 0.15) is 6.92 Å². The molecular weight excluding hydrogens is 206 g/mol. The minimum absolute atomic E-state index is 0.781. The van der Waals surface area contributed by atoms with Gasteiger partial charge in [0.25, 0.3) is 0 Å². The van der Waals surface area contributed by atoms with E-state index in [2.05, 4.69) is 50.5 Å². The fourth-order valence-electron chi connectivity index (χ4n) is 0.800. The van der Waals surface area contributed by atoms with Gasteiger partial charge in [-0.1, -0.05) is 6.58 Å². The van der Waals surface area contributed by atoms with Crippen molar-refractivity contribution in [3.8, 4) is 0 Å². The highest BCUT2D eigenvalue weighted by atomic mass is 28.4. The first-order valence-corrected chi connectivity index (χ1v) is 11.8. The highest BCUT2D eigenvalue weighted by Gasteiger charge is 2.21. The Morgan fingerprint density at radius 1 is 1.07 bits per heavy atom.